The lowest BCUT2D eigenvalue weighted by atomic mass is 9.44. The normalized spacial score (nSPS) is 44.3. The van der Waals surface area contributed by atoms with Gasteiger partial charge in [0.15, 0.2) is 6.10 Å². The van der Waals surface area contributed by atoms with Gasteiger partial charge < -0.3 is 36.0 Å². The number of aliphatic hydroxyl groups excluding tert-OH is 1. The third-order valence-corrected chi connectivity index (χ3v) is 13.8. The van der Waals surface area contributed by atoms with Crippen molar-refractivity contribution in [3.8, 4) is 0 Å². The second-order valence-corrected chi connectivity index (χ2v) is 15.8. The minimum absolute atomic E-state index is 0. The Hall–Kier alpha value is -0.960. The number of esters is 2. The third kappa shape index (κ3) is 5.78. The van der Waals surface area contributed by atoms with Crippen LogP contribution in [0.2, 0.25) is 0 Å². The van der Waals surface area contributed by atoms with Gasteiger partial charge in [-0.3, -0.25) is 14.5 Å². The third-order valence-electron chi connectivity index (χ3n) is 13.8. The van der Waals surface area contributed by atoms with E-state index >= 15 is 0 Å². The molecule has 0 radical (unpaired) electrons. The molecule has 1 N–H and O–H groups in total. The van der Waals surface area contributed by atoms with Crippen molar-refractivity contribution in [1.82, 2.24) is 4.90 Å². The summed E-state index contributed by atoms with van der Waals surface area (Å²) in [6.07, 6.45) is 13.9. The molecule has 8 heteroatoms. The van der Waals surface area contributed by atoms with Crippen LogP contribution in [0.3, 0.4) is 0 Å². The summed E-state index contributed by atoms with van der Waals surface area (Å²) >= 11 is 0. The molecule has 10 atom stereocenters. The van der Waals surface area contributed by atoms with Gasteiger partial charge in [-0.2, -0.15) is 0 Å². The summed E-state index contributed by atoms with van der Waals surface area (Å²) in [5, 5.41) is 10.2. The van der Waals surface area contributed by atoms with E-state index in [1.807, 2.05) is 0 Å². The Kier molecular flexibility index (Phi) is 9.85. The van der Waals surface area contributed by atoms with E-state index in [0.717, 1.165) is 62.6 Å². The Labute approximate surface area is 270 Å². The number of rotatable bonds is 6. The van der Waals surface area contributed by atoms with Crippen LogP contribution in [-0.4, -0.2) is 89.5 Å². The molecule has 0 spiro atoms. The summed E-state index contributed by atoms with van der Waals surface area (Å²) < 4.78 is 13.5. The summed E-state index contributed by atoms with van der Waals surface area (Å²) in [4.78, 5) is 27.3. The van der Waals surface area contributed by atoms with Gasteiger partial charge >= 0.3 is 11.9 Å². The number of nitrogens with zero attached hydrogens (tertiary/aromatic N) is 2. The topological polar surface area (TPSA) is 76.1 Å². The molecule has 4 saturated carbocycles. The van der Waals surface area contributed by atoms with Crippen LogP contribution in [0.15, 0.2) is 12.7 Å². The van der Waals surface area contributed by atoms with Crippen LogP contribution in [0.1, 0.15) is 98.3 Å². The maximum atomic E-state index is 12.6. The lowest BCUT2D eigenvalue weighted by Gasteiger charge is -2.62. The molecule has 43 heavy (non-hydrogen) atoms. The summed E-state index contributed by atoms with van der Waals surface area (Å²) in [6, 6.07) is 0.590. The van der Waals surface area contributed by atoms with Gasteiger partial charge in [0, 0.05) is 57.7 Å². The highest BCUT2D eigenvalue weighted by molar-refractivity contribution is 5.66. The lowest BCUT2D eigenvalue weighted by molar-refractivity contribution is -0.937. The molecular formula is C35H57BrN2O5. The summed E-state index contributed by atoms with van der Waals surface area (Å²) in [7, 11) is 0. The van der Waals surface area contributed by atoms with Crippen LogP contribution in [0.25, 0.3) is 0 Å². The van der Waals surface area contributed by atoms with E-state index in [1.54, 1.807) is 13.8 Å². The van der Waals surface area contributed by atoms with Crippen molar-refractivity contribution in [1.29, 1.82) is 0 Å². The van der Waals surface area contributed by atoms with Gasteiger partial charge in [0.05, 0.1) is 25.7 Å². The van der Waals surface area contributed by atoms with E-state index < -0.39 is 0 Å². The maximum Gasteiger partial charge on any atom is 0.303 e. The fourth-order valence-electron chi connectivity index (χ4n) is 11.9. The standard InChI is InChI=1S/C35H57N2O5.BrH/c1-6-17-37(18-7-8-19-37)31-21-29-27-10-9-25-20-32(41-23(2)38)30(36-15-12-26(40)13-16-36)22-35(25,5)28(27)11-14-34(29,4)33(31)42-24(3)39;/h6,25-33,40H,1,7-22H2,2-5H3;1H/q+1;/p-1/t25-,27?,28?,29?,30-,31-,32-,33-,34-,35-;/m0./s1. The lowest BCUT2D eigenvalue weighted by Crippen LogP contribution is -3.00. The molecule has 6 rings (SSSR count). The van der Waals surface area contributed by atoms with Gasteiger partial charge in [-0.15, -0.1) is 0 Å². The van der Waals surface area contributed by atoms with E-state index in [-0.39, 0.29) is 64.1 Å². The first-order valence-corrected chi connectivity index (χ1v) is 17.2. The van der Waals surface area contributed by atoms with Gasteiger partial charge in [0.25, 0.3) is 0 Å². The number of likely N-dealkylation sites (tertiary alicyclic amines) is 2. The maximum absolute atomic E-state index is 12.6. The largest absolute Gasteiger partial charge is 1.00 e. The van der Waals surface area contributed by atoms with E-state index in [1.165, 1.54) is 45.2 Å². The molecule has 0 aromatic heterocycles. The molecule has 0 bridgehead atoms. The number of carbonyl (C=O) groups excluding carboxylic acids is 2. The zero-order chi connectivity index (χ0) is 29.9. The summed E-state index contributed by atoms with van der Waals surface area (Å²) in [5.74, 6) is 2.14. The van der Waals surface area contributed by atoms with Crippen LogP contribution >= 0.6 is 0 Å². The summed E-state index contributed by atoms with van der Waals surface area (Å²) in [6.45, 7) is 17.5. The number of fused-ring (bicyclic) bond motifs is 5. The Bertz CT molecular complexity index is 1040. The molecule has 4 aliphatic carbocycles. The van der Waals surface area contributed by atoms with Crippen LogP contribution in [0, 0.1) is 34.5 Å². The molecule has 0 aromatic carbocycles. The van der Waals surface area contributed by atoms with Crippen molar-refractivity contribution in [2.24, 2.45) is 34.5 Å². The first-order chi connectivity index (χ1) is 20.0. The van der Waals surface area contributed by atoms with Crippen molar-refractivity contribution in [3.05, 3.63) is 12.7 Å². The van der Waals surface area contributed by atoms with Crippen molar-refractivity contribution in [2.75, 3.05) is 32.7 Å². The van der Waals surface area contributed by atoms with Crippen molar-refractivity contribution in [3.63, 3.8) is 0 Å². The monoisotopic (exact) mass is 664 g/mol. The second-order valence-electron chi connectivity index (χ2n) is 15.8. The van der Waals surface area contributed by atoms with Gasteiger partial charge in [-0.25, -0.2) is 0 Å². The minimum Gasteiger partial charge on any atom is -1.00 e. The van der Waals surface area contributed by atoms with E-state index in [0.29, 0.717) is 29.7 Å². The number of piperidine rings is 1. The first kappa shape index (κ1) is 33.4. The van der Waals surface area contributed by atoms with Crippen LogP contribution in [0.4, 0.5) is 0 Å². The number of halogens is 1. The molecule has 0 aromatic rings. The second kappa shape index (κ2) is 12.7. The average molecular weight is 666 g/mol. The molecule has 7 nitrogen and oxygen atoms in total. The van der Waals surface area contributed by atoms with E-state index in [9.17, 15) is 14.7 Å². The Morgan fingerprint density at radius 1 is 0.953 bits per heavy atom. The summed E-state index contributed by atoms with van der Waals surface area (Å²) in [5.41, 5.74) is 0.227. The van der Waals surface area contributed by atoms with E-state index in [4.69, 9.17) is 9.47 Å². The molecule has 244 valence electrons. The van der Waals surface area contributed by atoms with Gasteiger partial charge in [-0.1, -0.05) is 20.4 Å². The Morgan fingerprint density at radius 2 is 1.63 bits per heavy atom. The number of hydrogen-bond donors (Lipinski definition) is 1. The molecule has 3 unspecified atom stereocenters. The first-order valence-electron chi connectivity index (χ1n) is 17.2. The highest BCUT2D eigenvalue weighted by atomic mass is 79.9. The quantitative estimate of drug-likeness (QED) is 0.266. The fourth-order valence-corrected chi connectivity index (χ4v) is 11.9. The smallest absolute Gasteiger partial charge is 0.303 e. The average Bonchev–Trinajstić information content (AvgIpc) is 3.52. The number of ether oxygens (including phenoxy) is 2. The van der Waals surface area contributed by atoms with Crippen LogP contribution < -0.4 is 17.0 Å². The zero-order valence-electron chi connectivity index (χ0n) is 27.1. The SMILES string of the molecule is C=CC[N+]1([C@H]2CC3C4CC[C@H]5C[C@H](OC(C)=O)[C@@H](N6CCC(O)CC6)C[C@]5(C)C4CC[C@]3(C)[C@H]2OC(C)=O)CCCC1.[Br-]. The number of carbonyl (C=O) groups is 2. The number of aliphatic hydroxyl groups is 1. The molecule has 2 saturated heterocycles. The van der Waals surface area contributed by atoms with Gasteiger partial charge in [-0.05, 0) is 86.5 Å². The predicted octanol–water partition coefficient (Wildman–Crippen LogP) is 2.11. The number of quaternary nitrogens is 1. The highest BCUT2D eigenvalue weighted by Crippen LogP contribution is 2.68. The van der Waals surface area contributed by atoms with Crippen LogP contribution in [0.5, 0.6) is 0 Å². The number of hydrogen-bond acceptors (Lipinski definition) is 6. The molecule has 0 amide bonds. The van der Waals surface area contributed by atoms with Crippen molar-refractivity contribution in [2.45, 2.75) is 129 Å². The van der Waals surface area contributed by atoms with Gasteiger partial charge in [0.2, 0.25) is 0 Å². The Balaban J connectivity index is 0.00000368. The zero-order valence-corrected chi connectivity index (χ0v) is 28.7. The minimum atomic E-state index is -0.210. The van der Waals surface area contributed by atoms with Crippen molar-refractivity contribution < 1.29 is 45.6 Å². The molecular weight excluding hydrogens is 608 g/mol. The molecule has 2 heterocycles. The van der Waals surface area contributed by atoms with E-state index in [2.05, 4.69) is 31.4 Å². The van der Waals surface area contributed by atoms with Gasteiger partial charge in [0.1, 0.15) is 12.1 Å². The molecule has 6 aliphatic rings. The van der Waals surface area contributed by atoms with Crippen molar-refractivity contribution >= 4 is 11.9 Å². The van der Waals surface area contributed by atoms with Crippen LogP contribution in [-0.2, 0) is 19.1 Å². The fraction of sp³-hybridized carbons (Fsp3) is 0.886. The Morgan fingerprint density at radius 3 is 2.26 bits per heavy atom. The molecule has 6 fully saturated rings. The molecule has 2 aliphatic heterocycles. The highest BCUT2D eigenvalue weighted by Gasteiger charge is 2.67. The predicted molar refractivity (Wildman–Crippen MR) is 162 cm³/mol.